The molecular formula is C10H12N4O2. The third-order valence-electron chi connectivity index (χ3n) is 2.05. The zero-order chi connectivity index (χ0) is 12.0. The van der Waals surface area contributed by atoms with Gasteiger partial charge in [-0.2, -0.15) is 0 Å². The van der Waals surface area contributed by atoms with E-state index in [1.54, 1.807) is 0 Å². The van der Waals surface area contributed by atoms with E-state index in [0.29, 0.717) is 6.42 Å². The second-order valence-electron chi connectivity index (χ2n) is 3.38. The highest BCUT2D eigenvalue weighted by Crippen LogP contribution is 2.06. The predicted octanol–water partition coefficient (Wildman–Crippen LogP) is 1.63. The van der Waals surface area contributed by atoms with Gasteiger partial charge in [0.1, 0.15) is 11.3 Å². The smallest absolute Gasteiger partial charge is 0.334 e. The number of aryl methyl sites for hydroxylation is 1. The molecular weight excluding hydrogens is 208 g/mol. The molecule has 0 aliphatic rings. The molecule has 0 bridgehead atoms. The maximum absolute atomic E-state index is 11.2. The van der Waals surface area contributed by atoms with Gasteiger partial charge >= 0.3 is 5.97 Å². The van der Waals surface area contributed by atoms with Crippen LogP contribution in [0, 0.1) is 6.92 Å². The normalized spacial score (nSPS) is 11.4. The summed E-state index contributed by atoms with van der Waals surface area (Å²) in [6.07, 6.45) is 0.347. The van der Waals surface area contributed by atoms with Crippen LogP contribution in [-0.2, 0) is 16.1 Å². The van der Waals surface area contributed by atoms with Crippen molar-refractivity contribution in [1.82, 2.24) is 0 Å². The molecule has 0 radical (unpaired) electrons. The summed E-state index contributed by atoms with van der Waals surface area (Å²) in [5.74, 6) is -0.738. The van der Waals surface area contributed by atoms with Crippen LogP contribution in [0.4, 0.5) is 0 Å². The summed E-state index contributed by atoms with van der Waals surface area (Å²) in [5.41, 5.74) is 15.6. The Morgan fingerprint density at radius 3 is 2.75 bits per heavy atom. The monoisotopic (exact) mass is 220 g/mol. The quantitative estimate of drug-likeness (QED) is 0.361. The van der Waals surface area contributed by atoms with Crippen molar-refractivity contribution < 1.29 is 9.63 Å². The Kier molecular flexibility index (Phi) is 4.32. The van der Waals surface area contributed by atoms with Gasteiger partial charge in [-0.1, -0.05) is 29.8 Å². The van der Waals surface area contributed by atoms with E-state index in [-0.39, 0.29) is 0 Å². The van der Waals surface area contributed by atoms with Crippen molar-refractivity contribution in [3.8, 4) is 0 Å². The number of carbonyl (C=O) groups excluding carboxylic acids is 1. The molecule has 0 aromatic heterocycles. The molecule has 6 nitrogen and oxygen atoms in total. The van der Waals surface area contributed by atoms with E-state index in [4.69, 9.17) is 11.3 Å². The fourth-order valence-corrected chi connectivity index (χ4v) is 1.19. The van der Waals surface area contributed by atoms with Crippen molar-refractivity contribution in [2.24, 2.45) is 11.0 Å². The second-order valence-corrected chi connectivity index (χ2v) is 3.38. The van der Waals surface area contributed by atoms with Gasteiger partial charge in [-0.3, -0.25) is 0 Å². The minimum atomic E-state index is -0.826. The van der Waals surface area contributed by atoms with E-state index in [1.807, 2.05) is 31.2 Å². The van der Waals surface area contributed by atoms with Crippen LogP contribution >= 0.6 is 0 Å². The van der Waals surface area contributed by atoms with Crippen LogP contribution in [0.3, 0.4) is 0 Å². The first kappa shape index (κ1) is 12.0. The highest BCUT2D eigenvalue weighted by atomic mass is 16.7. The molecule has 1 rings (SSSR count). The number of rotatable bonds is 4. The fourth-order valence-electron chi connectivity index (χ4n) is 1.19. The van der Waals surface area contributed by atoms with E-state index in [9.17, 15) is 4.79 Å². The van der Waals surface area contributed by atoms with Crippen LogP contribution in [0.5, 0.6) is 0 Å². The summed E-state index contributed by atoms with van der Waals surface area (Å²) < 4.78 is 0. The molecule has 84 valence electrons. The largest absolute Gasteiger partial charge is 0.357 e. The molecule has 0 saturated heterocycles. The molecule has 0 amide bonds. The first-order chi connectivity index (χ1) is 7.63. The molecule has 16 heavy (non-hydrogen) atoms. The van der Waals surface area contributed by atoms with Gasteiger partial charge in [0.15, 0.2) is 0 Å². The van der Waals surface area contributed by atoms with Gasteiger partial charge in [-0.15, -0.1) is 0 Å². The van der Waals surface area contributed by atoms with Crippen LogP contribution in [0.2, 0.25) is 0 Å². The summed E-state index contributed by atoms with van der Waals surface area (Å²) in [5, 5.41) is 2.70. The standard InChI is InChI=1S/C10H12N4O2/c1-7-2-4-8(5-3-7)6-9(11)10(15)16-14-13-12/h2-5,9H,6,11H2,1H3/t9-/m0/s1. The Balaban J connectivity index is 2.56. The summed E-state index contributed by atoms with van der Waals surface area (Å²) in [6.45, 7) is 1.97. The van der Waals surface area contributed by atoms with Crippen LogP contribution in [0.1, 0.15) is 11.1 Å². The highest BCUT2D eigenvalue weighted by Gasteiger charge is 2.15. The average Bonchev–Trinajstić information content (AvgIpc) is 2.29. The Bertz CT molecular complexity index is 409. The Hall–Kier alpha value is -2.04. The van der Waals surface area contributed by atoms with Gasteiger partial charge < -0.3 is 10.6 Å². The van der Waals surface area contributed by atoms with Crippen LogP contribution < -0.4 is 5.73 Å². The maximum atomic E-state index is 11.2. The molecule has 0 spiro atoms. The number of azide groups is 1. The predicted molar refractivity (Wildman–Crippen MR) is 58.1 cm³/mol. The second kappa shape index (κ2) is 5.75. The average molecular weight is 220 g/mol. The minimum Gasteiger partial charge on any atom is -0.357 e. The summed E-state index contributed by atoms with van der Waals surface area (Å²) >= 11 is 0. The third-order valence-corrected chi connectivity index (χ3v) is 2.05. The first-order valence-corrected chi connectivity index (χ1v) is 4.70. The Labute approximate surface area is 92.6 Å². The van der Waals surface area contributed by atoms with Gasteiger partial charge in [-0.05, 0) is 24.4 Å². The zero-order valence-electron chi connectivity index (χ0n) is 8.83. The molecule has 6 heteroatoms. The lowest BCUT2D eigenvalue weighted by Gasteiger charge is -2.08. The number of hydrogen-bond donors (Lipinski definition) is 1. The number of benzene rings is 1. The van der Waals surface area contributed by atoms with Crippen molar-refractivity contribution in [2.75, 3.05) is 0 Å². The molecule has 1 aromatic carbocycles. The van der Waals surface area contributed by atoms with Crippen molar-refractivity contribution in [3.63, 3.8) is 0 Å². The van der Waals surface area contributed by atoms with E-state index in [1.165, 1.54) is 0 Å². The lowest BCUT2D eigenvalue weighted by molar-refractivity contribution is -0.145. The van der Waals surface area contributed by atoms with Crippen LogP contribution in [0.25, 0.3) is 10.4 Å². The summed E-state index contributed by atoms with van der Waals surface area (Å²) in [6, 6.07) is 6.81. The van der Waals surface area contributed by atoms with Gasteiger partial charge in [0.25, 0.3) is 0 Å². The van der Waals surface area contributed by atoms with Gasteiger partial charge in [0.2, 0.25) is 0 Å². The van der Waals surface area contributed by atoms with E-state index < -0.39 is 12.0 Å². The van der Waals surface area contributed by atoms with Gasteiger partial charge in [0.05, 0.1) is 0 Å². The molecule has 0 fully saturated rings. The first-order valence-electron chi connectivity index (χ1n) is 4.70. The van der Waals surface area contributed by atoms with E-state index >= 15 is 0 Å². The van der Waals surface area contributed by atoms with Crippen molar-refractivity contribution in [1.29, 1.82) is 0 Å². The van der Waals surface area contributed by atoms with Crippen LogP contribution in [-0.4, -0.2) is 12.0 Å². The summed E-state index contributed by atoms with van der Waals surface area (Å²) in [7, 11) is 0. The molecule has 1 atom stereocenters. The zero-order valence-corrected chi connectivity index (χ0v) is 8.83. The molecule has 0 aliphatic carbocycles. The number of hydrogen-bond acceptors (Lipinski definition) is 4. The van der Waals surface area contributed by atoms with Crippen molar-refractivity contribution in [3.05, 3.63) is 45.8 Å². The molecule has 0 heterocycles. The molecule has 1 aromatic rings. The minimum absolute atomic E-state index is 0.347. The van der Waals surface area contributed by atoms with E-state index in [2.05, 4.69) is 15.0 Å². The number of nitrogens with two attached hydrogens (primary N) is 1. The van der Waals surface area contributed by atoms with Gasteiger partial charge in [0, 0.05) is 4.91 Å². The molecule has 0 aliphatic heterocycles. The highest BCUT2D eigenvalue weighted by molar-refractivity contribution is 5.75. The van der Waals surface area contributed by atoms with Crippen molar-refractivity contribution in [2.45, 2.75) is 19.4 Å². The molecule has 0 unspecified atom stereocenters. The lowest BCUT2D eigenvalue weighted by Crippen LogP contribution is -2.33. The van der Waals surface area contributed by atoms with Crippen LogP contribution in [0.15, 0.2) is 29.5 Å². The summed E-state index contributed by atoms with van der Waals surface area (Å²) in [4.78, 5) is 17.7. The molecule has 2 N–H and O–H groups in total. The molecule has 0 saturated carbocycles. The third kappa shape index (κ3) is 3.61. The fraction of sp³-hybridized carbons (Fsp3) is 0.300. The topological polar surface area (TPSA) is 101 Å². The SMILES string of the molecule is Cc1ccc(C[C@H](N)C(=O)ON=[N+]=[N-])cc1. The Morgan fingerprint density at radius 2 is 2.19 bits per heavy atom. The number of carbonyl (C=O) groups is 1. The van der Waals surface area contributed by atoms with Crippen molar-refractivity contribution >= 4 is 5.97 Å². The van der Waals surface area contributed by atoms with Gasteiger partial charge in [-0.25, -0.2) is 4.79 Å². The number of nitrogens with zero attached hydrogens (tertiary/aromatic N) is 3. The maximum Gasteiger partial charge on any atom is 0.334 e. The Morgan fingerprint density at radius 1 is 1.56 bits per heavy atom. The van der Waals surface area contributed by atoms with E-state index in [0.717, 1.165) is 11.1 Å². The lowest BCUT2D eigenvalue weighted by atomic mass is 10.1.